The molecule has 0 bridgehead atoms. The largest absolute Gasteiger partial charge is 0.477 e. The van der Waals surface area contributed by atoms with E-state index in [4.69, 9.17) is 9.88 Å². The number of carbonyl (C=O) groups excluding carboxylic acids is 1. The van der Waals surface area contributed by atoms with Gasteiger partial charge < -0.3 is 10.1 Å². The Balaban J connectivity index is 1.49. The SMILES string of the molecule is C[C@@H]1Cc2cc3c(c(NC(=O)N=[S@](N)(=O)c4cnn5c4OCCC5)c21)CCC3. The molecule has 1 aliphatic heterocycles. The number of hydrogen-bond acceptors (Lipinski definition) is 4. The number of aromatic nitrogens is 2. The molecule has 0 unspecified atom stereocenters. The molecule has 0 radical (unpaired) electrons. The van der Waals surface area contributed by atoms with Crippen molar-refractivity contribution in [3.05, 3.63) is 34.5 Å². The van der Waals surface area contributed by atoms with Gasteiger partial charge in [-0.05, 0) is 53.9 Å². The number of nitrogens with one attached hydrogen (secondary N) is 1. The lowest BCUT2D eigenvalue weighted by Gasteiger charge is -2.31. The van der Waals surface area contributed by atoms with Gasteiger partial charge in [0.1, 0.15) is 4.90 Å². The van der Waals surface area contributed by atoms with Crippen molar-refractivity contribution in [3.63, 3.8) is 0 Å². The summed E-state index contributed by atoms with van der Waals surface area (Å²) in [7, 11) is -3.46. The smallest absolute Gasteiger partial charge is 0.354 e. The van der Waals surface area contributed by atoms with E-state index in [9.17, 15) is 9.00 Å². The number of ether oxygens (including phenoxy) is 1. The molecule has 28 heavy (non-hydrogen) atoms. The first kappa shape index (κ1) is 17.7. The van der Waals surface area contributed by atoms with Gasteiger partial charge >= 0.3 is 6.03 Å². The van der Waals surface area contributed by atoms with Gasteiger partial charge in [-0.25, -0.2) is 18.8 Å². The first-order valence-corrected chi connectivity index (χ1v) is 11.2. The summed E-state index contributed by atoms with van der Waals surface area (Å²) in [5.41, 5.74) is 5.80. The molecule has 2 aliphatic carbocycles. The highest BCUT2D eigenvalue weighted by Gasteiger charge is 2.31. The maximum Gasteiger partial charge on any atom is 0.354 e. The zero-order valence-electron chi connectivity index (χ0n) is 15.7. The number of benzene rings is 1. The van der Waals surface area contributed by atoms with Crippen LogP contribution in [0.5, 0.6) is 5.88 Å². The summed E-state index contributed by atoms with van der Waals surface area (Å²) >= 11 is 0. The van der Waals surface area contributed by atoms with Crippen molar-refractivity contribution in [3.8, 4) is 5.88 Å². The van der Waals surface area contributed by atoms with Crippen molar-refractivity contribution in [2.45, 2.75) is 56.4 Å². The molecular weight excluding hydrogens is 378 g/mol. The first-order valence-electron chi connectivity index (χ1n) is 9.66. The quantitative estimate of drug-likeness (QED) is 0.806. The van der Waals surface area contributed by atoms with Crippen LogP contribution in [0.4, 0.5) is 10.5 Å². The summed E-state index contributed by atoms with van der Waals surface area (Å²) in [6.45, 7) is 3.32. The molecule has 2 atom stereocenters. The minimum Gasteiger partial charge on any atom is -0.477 e. The molecule has 5 rings (SSSR count). The fraction of sp³-hybridized carbons (Fsp3) is 0.474. The van der Waals surface area contributed by atoms with Gasteiger partial charge in [-0.2, -0.15) is 5.10 Å². The number of amides is 2. The van der Waals surface area contributed by atoms with E-state index in [-0.39, 0.29) is 4.90 Å². The molecule has 9 heteroatoms. The van der Waals surface area contributed by atoms with E-state index in [2.05, 4.69) is 27.8 Å². The fourth-order valence-electron chi connectivity index (χ4n) is 4.55. The maximum atomic E-state index is 13.0. The van der Waals surface area contributed by atoms with Gasteiger partial charge in [0.2, 0.25) is 5.88 Å². The second-order valence-electron chi connectivity index (χ2n) is 7.75. The third-order valence-corrected chi connectivity index (χ3v) is 7.17. The number of urea groups is 1. The van der Waals surface area contributed by atoms with E-state index >= 15 is 0 Å². The molecule has 1 aromatic carbocycles. The van der Waals surface area contributed by atoms with Crippen molar-refractivity contribution in [2.75, 3.05) is 11.9 Å². The zero-order valence-corrected chi connectivity index (χ0v) is 16.6. The van der Waals surface area contributed by atoms with Gasteiger partial charge in [-0.1, -0.05) is 13.0 Å². The predicted molar refractivity (Wildman–Crippen MR) is 105 cm³/mol. The van der Waals surface area contributed by atoms with Crippen LogP contribution in [0.25, 0.3) is 0 Å². The van der Waals surface area contributed by atoms with Gasteiger partial charge in [0.15, 0.2) is 9.92 Å². The molecule has 0 saturated heterocycles. The summed E-state index contributed by atoms with van der Waals surface area (Å²) in [4.78, 5) is 12.8. The van der Waals surface area contributed by atoms with Crippen LogP contribution < -0.4 is 15.2 Å². The summed E-state index contributed by atoms with van der Waals surface area (Å²) in [6, 6.07) is 1.58. The minimum atomic E-state index is -3.46. The highest BCUT2D eigenvalue weighted by Crippen LogP contribution is 2.45. The minimum absolute atomic E-state index is 0.169. The zero-order chi connectivity index (χ0) is 19.5. The summed E-state index contributed by atoms with van der Waals surface area (Å²) in [5, 5.41) is 13.0. The van der Waals surface area contributed by atoms with E-state index < -0.39 is 15.9 Å². The lowest BCUT2D eigenvalue weighted by molar-refractivity contribution is 0.224. The average Bonchev–Trinajstić information content (AvgIpc) is 3.27. The highest BCUT2D eigenvalue weighted by molar-refractivity contribution is 7.91. The van der Waals surface area contributed by atoms with E-state index in [1.165, 1.54) is 28.5 Å². The van der Waals surface area contributed by atoms with Crippen LogP contribution in [-0.2, 0) is 35.7 Å². The number of hydrogen-bond donors (Lipinski definition) is 2. The Morgan fingerprint density at radius 2 is 2.25 bits per heavy atom. The lowest BCUT2D eigenvalue weighted by Crippen LogP contribution is -2.23. The van der Waals surface area contributed by atoms with Crippen LogP contribution >= 0.6 is 0 Å². The molecule has 1 aromatic heterocycles. The molecule has 148 valence electrons. The van der Waals surface area contributed by atoms with Gasteiger partial charge in [0.25, 0.3) is 0 Å². The van der Waals surface area contributed by atoms with Crippen molar-refractivity contribution in [1.82, 2.24) is 9.78 Å². The number of anilines is 1. The summed E-state index contributed by atoms with van der Waals surface area (Å²) < 4.78 is 24.0. The molecule has 0 fully saturated rings. The standard InChI is InChI=1S/C19H23N5O3S/c1-11-8-13-9-12-4-2-5-14(12)17(16(11)13)22-19(25)23-28(20,26)15-10-21-24-6-3-7-27-18(15)24/h9-11H,2-8H2,1H3,(H3,20,22,23,25,26)/t11-,28+/m1/s1. The Hall–Kier alpha value is -2.39. The molecule has 0 spiro atoms. The van der Waals surface area contributed by atoms with Crippen LogP contribution in [0.2, 0.25) is 0 Å². The Bertz CT molecular complexity index is 1110. The van der Waals surface area contributed by atoms with Crippen LogP contribution in [0.1, 0.15) is 47.9 Å². The molecule has 3 aliphatic rings. The molecular formula is C19H23N5O3S. The number of carbonyl (C=O) groups is 1. The first-order chi connectivity index (χ1) is 13.4. The van der Waals surface area contributed by atoms with Gasteiger partial charge in [0, 0.05) is 18.7 Å². The summed E-state index contributed by atoms with van der Waals surface area (Å²) in [6.07, 6.45) is 6.28. The van der Waals surface area contributed by atoms with Crippen molar-refractivity contribution < 1.29 is 13.7 Å². The second kappa shape index (κ2) is 6.31. The molecule has 2 aromatic rings. The Kier molecular flexibility index (Phi) is 3.99. The lowest BCUT2D eigenvalue weighted by atomic mass is 9.75. The Morgan fingerprint density at radius 3 is 3.07 bits per heavy atom. The van der Waals surface area contributed by atoms with Crippen LogP contribution in [0.15, 0.2) is 21.5 Å². The van der Waals surface area contributed by atoms with Gasteiger partial charge in [-0.15, -0.1) is 4.36 Å². The topological polar surface area (TPSA) is 112 Å². The van der Waals surface area contributed by atoms with E-state index in [0.717, 1.165) is 37.8 Å². The number of aryl methyl sites for hydroxylation is 2. The van der Waals surface area contributed by atoms with Crippen LogP contribution in [0.3, 0.4) is 0 Å². The molecule has 0 saturated carbocycles. The van der Waals surface area contributed by atoms with Crippen molar-refractivity contribution >= 4 is 21.6 Å². The van der Waals surface area contributed by atoms with Crippen LogP contribution in [-0.4, -0.2) is 26.6 Å². The fourth-order valence-corrected chi connectivity index (χ4v) is 5.55. The molecule has 2 heterocycles. The Morgan fingerprint density at radius 1 is 1.39 bits per heavy atom. The second-order valence-corrected chi connectivity index (χ2v) is 9.51. The van der Waals surface area contributed by atoms with E-state index in [1.807, 2.05) is 0 Å². The molecule has 3 N–H and O–H groups in total. The number of rotatable bonds is 2. The average molecular weight is 401 g/mol. The summed E-state index contributed by atoms with van der Waals surface area (Å²) in [5.74, 6) is 0.739. The van der Waals surface area contributed by atoms with E-state index in [0.29, 0.717) is 24.9 Å². The number of fused-ring (bicyclic) bond motifs is 3. The van der Waals surface area contributed by atoms with Gasteiger partial charge in [0.05, 0.1) is 12.8 Å². The van der Waals surface area contributed by atoms with Crippen molar-refractivity contribution in [1.29, 1.82) is 0 Å². The Labute approximate surface area is 163 Å². The predicted octanol–water partition coefficient (Wildman–Crippen LogP) is 2.75. The number of nitrogens with two attached hydrogens (primary N) is 1. The third-order valence-electron chi connectivity index (χ3n) is 5.82. The third kappa shape index (κ3) is 2.72. The monoisotopic (exact) mass is 401 g/mol. The van der Waals surface area contributed by atoms with Crippen LogP contribution in [0, 0.1) is 0 Å². The van der Waals surface area contributed by atoms with Gasteiger partial charge in [-0.3, -0.25) is 0 Å². The highest BCUT2D eigenvalue weighted by atomic mass is 32.2. The number of nitrogens with zero attached hydrogens (tertiary/aromatic N) is 3. The maximum absolute atomic E-state index is 13.0. The normalized spacial score (nSPS) is 21.4. The van der Waals surface area contributed by atoms with E-state index in [1.54, 1.807) is 4.68 Å². The molecule has 2 amide bonds. The van der Waals surface area contributed by atoms with Crippen molar-refractivity contribution in [2.24, 2.45) is 9.50 Å². The molecule has 8 nitrogen and oxygen atoms in total.